The zero-order valence-corrected chi connectivity index (χ0v) is 23.5. The maximum atomic E-state index is 5.02. The summed E-state index contributed by atoms with van der Waals surface area (Å²) in [6, 6.07) is 53.0. The number of aromatic nitrogens is 3. The summed E-state index contributed by atoms with van der Waals surface area (Å²) in [7, 11) is 0. The molecule has 1 aliphatic rings. The zero-order valence-electron chi connectivity index (χ0n) is 23.5. The Hall–Kier alpha value is -5.67. The van der Waals surface area contributed by atoms with Gasteiger partial charge in [-0.3, -0.25) is 0 Å². The number of hydrogen-bond donors (Lipinski definition) is 0. The lowest BCUT2D eigenvalue weighted by Crippen LogP contribution is -2.00. The van der Waals surface area contributed by atoms with Crippen molar-refractivity contribution in [3.8, 4) is 67.5 Å². The summed E-state index contributed by atoms with van der Waals surface area (Å²) in [5.41, 5.74) is 12.9. The summed E-state index contributed by atoms with van der Waals surface area (Å²) < 4.78 is 0. The van der Waals surface area contributed by atoms with Gasteiger partial charge in [0, 0.05) is 16.7 Å². The molecule has 0 fully saturated rings. The smallest absolute Gasteiger partial charge is 0.164 e. The van der Waals surface area contributed by atoms with E-state index in [1.807, 2.05) is 12.1 Å². The van der Waals surface area contributed by atoms with Crippen molar-refractivity contribution in [3.63, 3.8) is 0 Å². The van der Waals surface area contributed by atoms with Crippen molar-refractivity contribution >= 4 is 0 Å². The highest BCUT2D eigenvalue weighted by molar-refractivity contribution is 5.80. The quantitative estimate of drug-likeness (QED) is 0.214. The fourth-order valence-corrected chi connectivity index (χ4v) is 5.93. The van der Waals surface area contributed by atoms with Crippen LogP contribution in [0, 0.1) is 0 Å². The molecule has 0 bridgehead atoms. The number of rotatable bonds is 5. The summed E-state index contributed by atoms with van der Waals surface area (Å²) in [6.07, 6.45) is 0.923. The predicted molar refractivity (Wildman–Crippen MR) is 175 cm³/mol. The monoisotopic (exact) mass is 549 g/mol. The normalized spacial score (nSPS) is 11.6. The number of benzene rings is 6. The molecule has 3 nitrogen and oxygen atoms in total. The highest BCUT2D eigenvalue weighted by Gasteiger charge is 2.20. The molecule has 0 aliphatic heterocycles. The van der Waals surface area contributed by atoms with E-state index in [1.165, 1.54) is 33.4 Å². The molecule has 1 aliphatic carbocycles. The number of fused-ring (bicyclic) bond motifs is 3. The average Bonchev–Trinajstić information content (AvgIpc) is 3.47. The van der Waals surface area contributed by atoms with Gasteiger partial charge < -0.3 is 0 Å². The molecule has 6 aromatic carbocycles. The van der Waals surface area contributed by atoms with Crippen LogP contribution in [0.3, 0.4) is 0 Å². The van der Waals surface area contributed by atoms with E-state index in [-0.39, 0.29) is 0 Å². The lowest BCUT2D eigenvalue weighted by Gasteiger charge is -2.11. The van der Waals surface area contributed by atoms with E-state index in [2.05, 4.69) is 140 Å². The third-order valence-electron chi connectivity index (χ3n) is 8.19. The summed E-state index contributed by atoms with van der Waals surface area (Å²) in [5.74, 6) is 2.00. The Labute approximate surface area is 251 Å². The molecule has 202 valence electrons. The van der Waals surface area contributed by atoms with Crippen LogP contribution in [-0.2, 0) is 6.42 Å². The number of hydrogen-bond acceptors (Lipinski definition) is 3. The molecular formula is C40H27N3. The standard InChI is InChI=1S/C40H27N3/c1-3-9-27(10-4-1)29-15-19-31(20-16-29)38-41-39(32-21-17-30(18-22-32)28-11-5-2-6-12-28)43-40(42-38)34-23-24-37-35(26-34)25-33-13-7-8-14-36(33)37/h1-24,26H,25H2. The van der Waals surface area contributed by atoms with E-state index in [1.54, 1.807) is 0 Å². The van der Waals surface area contributed by atoms with Crippen molar-refractivity contribution in [2.45, 2.75) is 6.42 Å². The minimum Gasteiger partial charge on any atom is -0.208 e. The Morgan fingerprint density at radius 1 is 0.302 bits per heavy atom. The fourth-order valence-electron chi connectivity index (χ4n) is 5.93. The third-order valence-corrected chi connectivity index (χ3v) is 8.19. The molecule has 1 aromatic heterocycles. The van der Waals surface area contributed by atoms with Gasteiger partial charge in [-0.25, -0.2) is 15.0 Å². The van der Waals surface area contributed by atoms with Gasteiger partial charge in [0.15, 0.2) is 17.5 Å². The topological polar surface area (TPSA) is 38.7 Å². The largest absolute Gasteiger partial charge is 0.208 e. The van der Waals surface area contributed by atoms with Crippen LogP contribution in [0.4, 0.5) is 0 Å². The Bertz CT molecular complexity index is 1960. The van der Waals surface area contributed by atoms with Gasteiger partial charge in [-0.1, -0.05) is 146 Å². The van der Waals surface area contributed by atoms with Crippen LogP contribution >= 0.6 is 0 Å². The van der Waals surface area contributed by atoms with Gasteiger partial charge >= 0.3 is 0 Å². The molecule has 43 heavy (non-hydrogen) atoms. The number of nitrogens with zero attached hydrogens (tertiary/aromatic N) is 3. The highest BCUT2D eigenvalue weighted by atomic mass is 15.0. The summed E-state index contributed by atoms with van der Waals surface area (Å²) in [6.45, 7) is 0. The Morgan fingerprint density at radius 2 is 0.698 bits per heavy atom. The predicted octanol–water partition coefficient (Wildman–Crippen LogP) is 9.78. The van der Waals surface area contributed by atoms with Gasteiger partial charge in [0.1, 0.15) is 0 Å². The van der Waals surface area contributed by atoms with Crippen molar-refractivity contribution in [3.05, 3.63) is 163 Å². The van der Waals surface area contributed by atoms with E-state index >= 15 is 0 Å². The Balaban J connectivity index is 1.21. The van der Waals surface area contributed by atoms with Crippen LogP contribution in [0.1, 0.15) is 11.1 Å². The minimum absolute atomic E-state index is 0.663. The second kappa shape index (κ2) is 10.6. The maximum absolute atomic E-state index is 5.02. The Kier molecular flexibility index (Phi) is 6.20. The van der Waals surface area contributed by atoms with Gasteiger partial charge in [-0.15, -0.1) is 0 Å². The van der Waals surface area contributed by atoms with Crippen molar-refractivity contribution in [1.29, 1.82) is 0 Å². The van der Waals surface area contributed by atoms with Crippen molar-refractivity contribution in [1.82, 2.24) is 15.0 Å². The molecule has 3 heteroatoms. The molecule has 0 saturated heterocycles. The molecule has 1 heterocycles. The van der Waals surface area contributed by atoms with E-state index in [4.69, 9.17) is 15.0 Å². The van der Waals surface area contributed by atoms with Crippen LogP contribution in [0.5, 0.6) is 0 Å². The Morgan fingerprint density at radius 3 is 1.26 bits per heavy atom. The lowest BCUT2D eigenvalue weighted by molar-refractivity contribution is 1.07. The van der Waals surface area contributed by atoms with Crippen LogP contribution < -0.4 is 0 Å². The molecule has 0 spiro atoms. The summed E-state index contributed by atoms with van der Waals surface area (Å²) in [5, 5.41) is 0. The van der Waals surface area contributed by atoms with Crippen LogP contribution in [0.15, 0.2) is 152 Å². The van der Waals surface area contributed by atoms with Crippen molar-refractivity contribution in [2.75, 3.05) is 0 Å². The second-order valence-corrected chi connectivity index (χ2v) is 10.9. The minimum atomic E-state index is 0.663. The molecule has 0 N–H and O–H groups in total. The van der Waals surface area contributed by atoms with Crippen LogP contribution in [0.25, 0.3) is 67.5 Å². The second-order valence-electron chi connectivity index (χ2n) is 10.9. The molecule has 0 saturated carbocycles. The molecule has 7 aromatic rings. The molecule has 8 rings (SSSR count). The van der Waals surface area contributed by atoms with E-state index in [0.29, 0.717) is 17.5 Å². The first-order chi connectivity index (χ1) is 21.3. The summed E-state index contributed by atoms with van der Waals surface area (Å²) in [4.78, 5) is 15.0. The van der Waals surface area contributed by atoms with Gasteiger partial charge in [-0.05, 0) is 57.0 Å². The molecule has 0 unspecified atom stereocenters. The SMILES string of the molecule is c1ccc(-c2ccc(-c3nc(-c4ccc(-c5ccccc5)cc4)nc(-c4ccc5c(c4)Cc4ccccc4-5)n3)cc2)cc1. The molecule has 0 amide bonds. The first-order valence-electron chi connectivity index (χ1n) is 14.6. The van der Waals surface area contributed by atoms with Crippen molar-refractivity contribution in [2.24, 2.45) is 0 Å². The van der Waals surface area contributed by atoms with Crippen LogP contribution in [0.2, 0.25) is 0 Å². The van der Waals surface area contributed by atoms with E-state index in [9.17, 15) is 0 Å². The molecule has 0 atom stereocenters. The first-order valence-corrected chi connectivity index (χ1v) is 14.6. The van der Waals surface area contributed by atoms with Crippen molar-refractivity contribution < 1.29 is 0 Å². The highest BCUT2D eigenvalue weighted by Crippen LogP contribution is 2.38. The average molecular weight is 550 g/mol. The first kappa shape index (κ1) is 25.1. The molecular weight excluding hydrogens is 522 g/mol. The van der Waals surface area contributed by atoms with E-state index in [0.717, 1.165) is 34.2 Å². The summed E-state index contributed by atoms with van der Waals surface area (Å²) >= 11 is 0. The van der Waals surface area contributed by atoms with Gasteiger partial charge in [0.2, 0.25) is 0 Å². The maximum Gasteiger partial charge on any atom is 0.164 e. The van der Waals surface area contributed by atoms with Gasteiger partial charge in [0.05, 0.1) is 0 Å². The van der Waals surface area contributed by atoms with Gasteiger partial charge in [-0.2, -0.15) is 0 Å². The van der Waals surface area contributed by atoms with Gasteiger partial charge in [0.25, 0.3) is 0 Å². The molecule has 0 radical (unpaired) electrons. The van der Waals surface area contributed by atoms with Crippen LogP contribution in [-0.4, -0.2) is 15.0 Å². The third kappa shape index (κ3) is 4.81. The zero-order chi connectivity index (χ0) is 28.6. The van der Waals surface area contributed by atoms with E-state index < -0.39 is 0 Å². The fraction of sp³-hybridized carbons (Fsp3) is 0.0250. The lowest BCUT2D eigenvalue weighted by atomic mass is 10.0.